The molecule has 0 heterocycles. The molecule has 1 rings (SSSR count). The Bertz CT molecular complexity index is 465. The normalized spacial score (nSPS) is 11.7. The second-order valence-corrected chi connectivity index (χ2v) is 5.17. The lowest BCUT2D eigenvalue weighted by Gasteiger charge is -2.12. The summed E-state index contributed by atoms with van der Waals surface area (Å²) in [6.45, 7) is 2.75. The summed E-state index contributed by atoms with van der Waals surface area (Å²) in [5, 5.41) is 14.6. The van der Waals surface area contributed by atoms with Gasteiger partial charge in [-0.05, 0) is 30.0 Å². The predicted molar refractivity (Wildman–Crippen MR) is 77.7 cm³/mol. The number of benzene rings is 1. The van der Waals surface area contributed by atoms with E-state index < -0.39 is 5.97 Å². The molecule has 20 heavy (non-hydrogen) atoms. The van der Waals surface area contributed by atoms with E-state index in [2.05, 4.69) is 10.6 Å². The van der Waals surface area contributed by atoms with Crippen LogP contribution in [0.4, 0.5) is 4.79 Å². The Kier molecular flexibility index (Phi) is 6.87. The van der Waals surface area contributed by atoms with E-state index in [0.29, 0.717) is 24.5 Å². The van der Waals surface area contributed by atoms with Crippen LogP contribution in [0, 0.1) is 5.92 Å². The number of carboxylic acids is 1. The second-order valence-electron chi connectivity index (χ2n) is 4.73. The fourth-order valence-corrected chi connectivity index (χ4v) is 1.84. The van der Waals surface area contributed by atoms with Crippen molar-refractivity contribution in [3.8, 4) is 0 Å². The van der Waals surface area contributed by atoms with E-state index in [9.17, 15) is 9.59 Å². The molecule has 0 fully saturated rings. The summed E-state index contributed by atoms with van der Waals surface area (Å²) in [5.41, 5.74) is 0.923. The summed E-state index contributed by atoms with van der Waals surface area (Å²) in [5.74, 6) is -0.690. The topological polar surface area (TPSA) is 78.4 Å². The molecule has 5 nitrogen and oxygen atoms in total. The van der Waals surface area contributed by atoms with Gasteiger partial charge < -0.3 is 15.7 Å². The Balaban J connectivity index is 2.22. The quantitative estimate of drug-likeness (QED) is 0.724. The summed E-state index contributed by atoms with van der Waals surface area (Å²) < 4.78 is 0. The number of halogens is 1. The SMILES string of the molecule is CC(CCC(=O)O)CNC(=O)NCc1cccc(Cl)c1. The van der Waals surface area contributed by atoms with Gasteiger partial charge in [-0.15, -0.1) is 0 Å². The smallest absolute Gasteiger partial charge is 0.315 e. The van der Waals surface area contributed by atoms with Crippen molar-refractivity contribution < 1.29 is 14.7 Å². The number of hydrogen-bond donors (Lipinski definition) is 3. The van der Waals surface area contributed by atoms with Gasteiger partial charge in [0.25, 0.3) is 0 Å². The molecule has 3 N–H and O–H groups in total. The lowest BCUT2D eigenvalue weighted by Crippen LogP contribution is -2.37. The van der Waals surface area contributed by atoms with Crippen LogP contribution >= 0.6 is 11.6 Å². The molecule has 0 aromatic heterocycles. The van der Waals surface area contributed by atoms with E-state index in [0.717, 1.165) is 5.56 Å². The van der Waals surface area contributed by atoms with E-state index in [1.807, 2.05) is 19.1 Å². The van der Waals surface area contributed by atoms with Crippen molar-refractivity contribution in [2.75, 3.05) is 6.54 Å². The maximum Gasteiger partial charge on any atom is 0.315 e. The molecular formula is C14H19ClN2O3. The molecule has 0 saturated carbocycles. The maximum atomic E-state index is 11.6. The highest BCUT2D eigenvalue weighted by Crippen LogP contribution is 2.10. The van der Waals surface area contributed by atoms with Crippen LogP contribution in [0.2, 0.25) is 5.02 Å². The molecule has 2 amide bonds. The van der Waals surface area contributed by atoms with Gasteiger partial charge in [-0.3, -0.25) is 4.79 Å². The van der Waals surface area contributed by atoms with Gasteiger partial charge in [-0.2, -0.15) is 0 Å². The van der Waals surface area contributed by atoms with Gasteiger partial charge in [0.05, 0.1) is 0 Å². The van der Waals surface area contributed by atoms with Crippen LogP contribution in [0.5, 0.6) is 0 Å². The molecule has 0 aliphatic rings. The molecule has 1 unspecified atom stereocenters. The molecule has 0 radical (unpaired) electrons. The zero-order valence-corrected chi connectivity index (χ0v) is 12.1. The monoisotopic (exact) mass is 298 g/mol. The summed E-state index contributed by atoms with van der Waals surface area (Å²) >= 11 is 5.85. The first kappa shape index (κ1) is 16.3. The van der Waals surface area contributed by atoms with Crippen molar-refractivity contribution >= 4 is 23.6 Å². The Hall–Kier alpha value is -1.75. The molecule has 0 saturated heterocycles. The summed E-state index contributed by atoms with van der Waals surface area (Å²) in [6, 6.07) is 6.99. The molecule has 110 valence electrons. The van der Waals surface area contributed by atoms with Crippen LogP contribution in [0.15, 0.2) is 24.3 Å². The van der Waals surface area contributed by atoms with E-state index in [4.69, 9.17) is 16.7 Å². The van der Waals surface area contributed by atoms with E-state index >= 15 is 0 Å². The predicted octanol–water partition coefficient (Wildman–Crippen LogP) is 2.64. The molecule has 1 atom stereocenters. The van der Waals surface area contributed by atoms with Crippen LogP contribution in [-0.4, -0.2) is 23.7 Å². The number of carbonyl (C=O) groups is 2. The second kappa shape index (κ2) is 8.43. The maximum absolute atomic E-state index is 11.6. The fraction of sp³-hybridized carbons (Fsp3) is 0.429. The van der Waals surface area contributed by atoms with Crippen LogP contribution in [0.1, 0.15) is 25.3 Å². The first-order chi connectivity index (χ1) is 9.47. The van der Waals surface area contributed by atoms with Gasteiger partial charge in [0, 0.05) is 24.5 Å². The van der Waals surface area contributed by atoms with Crippen molar-refractivity contribution in [1.82, 2.24) is 10.6 Å². The number of aliphatic carboxylic acids is 1. The number of amides is 2. The molecule has 0 aliphatic carbocycles. The molecule has 6 heteroatoms. The first-order valence-electron chi connectivity index (χ1n) is 6.45. The van der Waals surface area contributed by atoms with E-state index in [1.54, 1.807) is 12.1 Å². The van der Waals surface area contributed by atoms with Gasteiger partial charge in [0.1, 0.15) is 0 Å². The number of rotatable bonds is 7. The van der Waals surface area contributed by atoms with Gasteiger partial charge in [0.2, 0.25) is 0 Å². The number of carbonyl (C=O) groups excluding carboxylic acids is 1. The molecule has 0 aliphatic heterocycles. The highest BCUT2D eigenvalue weighted by molar-refractivity contribution is 6.30. The summed E-state index contributed by atoms with van der Waals surface area (Å²) in [4.78, 5) is 22.0. The van der Waals surface area contributed by atoms with E-state index in [-0.39, 0.29) is 18.4 Å². The minimum atomic E-state index is -0.817. The zero-order chi connectivity index (χ0) is 15.0. The molecule has 1 aromatic rings. The lowest BCUT2D eigenvalue weighted by atomic mass is 10.1. The van der Waals surface area contributed by atoms with Crippen LogP contribution in [-0.2, 0) is 11.3 Å². The van der Waals surface area contributed by atoms with Crippen molar-refractivity contribution in [2.24, 2.45) is 5.92 Å². The molecular weight excluding hydrogens is 280 g/mol. The Morgan fingerprint density at radius 3 is 2.75 bits per heavy atom. The highest BCUT2D eigenvalue weighted by Gasteiger charge is 2.07. The number of nitrogens with one attached hydrogen (secondary N) is 2. The van der Waals surface area contributed by atoms with Crippen molar-refractivity contribution in [1.29, 1.82) is 0 Å². The van der Waals surface area contributed by atoms with Crippen molar-refractivity contribution in [3.05, 3.63) is 34.9 Å². The van der Waals surface area contributed by atoms with Crippen molar-refractivity contribution in [2.45, 2.75) is 26.3 Å². The highest BCUT2D eigenvalue weighted by atomic mass is 35.5. The van der Waals surface area contributed by atoms with Gasteiger partial charge in [-0.25, -0.2) is 4.79 Å². The Morgan fingerprint density at radius 1 is 1.35 bits per heavy atom. The van der Waals surface area contributed by atoms with Crippen molar-refractivity contribution in [3.63, 3.8) is 0 Å². The van der Waals surface area contributed by atoms with Gasteiger partial charge >= 0.3 is 12.0 Å². The van der Waals surface area contributed by atoms with Crippen LogP contribution in [0.3, 0.4) is 0 Å². The van der Waals surface area contributed by atoms with Gasteiger partial charge in [0.15, 0.2) is 0 Å². The summed E-state index contributed by atoms with van der Waals surface area (Å²) in [6.07, 6.45) is 0.664. The average Bonchev–Trinajstić information content (AvgIpc) is 2.40. The molecule has 1 aromatic carbocycles. The zero-order valence-electron chi connectivity index (χ0n) is 11.4. The van der Waals surface area contributed by atoms with Gasteiger partial charge in [-0.1, -0.05) is 30.7 Å². The molecule has 0 bridgehead atoms. The first-order valence-corrected chi connectivity index (χ1v) is 6.83. The lowest BCUT2D eigenvalue weighted by molar-refractivity contribution is -0.137. The third kappa shape index (κ3) is 6.99. The minimum Gasteiger partial charge on any atom is -0.481 e. The third-order valence-electron chi connectivity index (χ3n) is 2.80. The number of urea groups is 1. The Labute approximate surface area is 123 Å². The number of carboxylic acid groups (broad SMARTS) is 1. The Morgan fingerprint density at radius 2 is 2.10 bits per heavy atom. The summed E-state index contributed by atoms with van der Waals surface area (Å²) in [7, 11) is 0. The largest absolute Gasteiger partial charge is 0.481 e. The third-order valence-corrected chi connectivity index (χ3v) is 3.04. The van der Waals surface area contributed by atoms with Crippen LogP contribution in [0.25, 0.3) is 0 Å². The average molecular weight is 299 g/mol. The minimum absolute atomic E-state index is 0.118. The fourth-order valence-electron chi connectivity index (χ4n) is 1.63. The van der Waals surface area contributed by atoms with Crippen LogP contribution < -0.4 is 10.6 Å². The van der Waals surface area contributed by atoms with E-state index in [1.165, 1.54) is 0 Å². The standard InChI is InChI=1S/C14H19ClN2O3/c1-10(5-6-13(18)19)8-16-14(20)17-9-11-3-2-4-12(15)7-11/h2-4,7,10H,5-6,8-9H2,1H3,(H,18,19)(H2,16,17,20). The number of hydrogen-bond acceptors (Lipinski definition) is 2. The molecule has 0 spiro atoms.